The Morgan fingerprint density at radius 2 is 1.88 bits per heavy atom. The van der Waals surface area contributed by atoms with E-state index < -0.39 is 10.8 Å². The van der Waals surface area contributed by atoms with Gasteiger partial charge in [0.2, 0.25) is 0 Å². The molecule has 3 aromatic rings. The van der Waals surface area contributed by atoms with Crippen LogP contribution in [0.3, 0.4) is 0 Å². The molecule has 1 heterocycles. The molecule has 0 bridgehead atoms. The number of fused-ring (bicyclic) bond motifs is 1. The minimum atomic E-state index is -0.550. The quantitative estimate of drug-likeness (QED) is 0.404. The number of hydrogen-bond donors (Lipinski definition) is 0. The molecule has 9 heteroatoms. The zero-order chi connectivity index (χ0) is 24.8. The number of Topliss-reactive ketones (excluding diaryl/α,β-unsaturated/α-hetero) is 1. The fourth-order valence-electron chi connectivity index (χ4n) is 4.48. The molecule has 0 fully saturated rings. The van der Waals surface area contributed by atoms with Crippen LogP contribution in [0.25, 0.3) is 5.69 Å². The number of nitrogens with zero attached hydrogens (tertiary/aromatic N) is 4. The van der Waals surface area contributed by atoms with Gasteiger partial charge in [-0.1, -0.05) is 26.0 Å². The predicted molar refractivity (Wildman–Crippen MR) is 124 cm³/mol. The topological polar surface area (TPSA) is 98.3 Å². The molecular weight excluding hydrogens is 439 g/mol. The van der Waals surface area contributed by atoms with Crippen molar-refractivity contribution in [1.82, 2.24) is 14.7 Å². The van der Waals surface area contributed by atoms with Crippen LogP contribution in [0, 0.1) is 28.3 Å². The third-order valence-corrected chi connectivity index (χ3v) is 6.05. The first-order chi connectivity index (χ1) is 16.0. The Morgan fingerprint density at radius 1 is 1.21 bits per heavy atom. The SMILES string of the molecule is Cc1nn(-c2ccc(C(=O)N(C)Cc3ccc(F)cc3)cc2[N+](=O)[O-])c2c1C(=O)CC(C)(C)C2. The summed E-state index contributed by atoms with van der Waals surface area (Å²) in [7, 11) is 1.58. The van der Waals surface area contributed by atoms with Gasteiger partial charge in [0.1, 0.15) is 11.5 Å². The number of hydrogen-bond acceptors (Lipinski definition) is 5. The van der Waals surface area contributed by atoms with Crippen LogP contribution >= 0.6 is 0 Å². The smallest absolute Gasteiger partial charge is 0.295 e. The summed E-state index contributed by atoms with van der Waals surface area (Å²) >= 11 is 0. The molecule has 2 aromatic carbocycles. The fourth-order valence-corrected chi connectivity index (χ4v) is 4.48. The number of carbonyl (C=O) groups excluding carboxylic acids is 2. The maximum Gasteiger partial charge on any atom is 0.295 e. The van der Waals surface area contributed by atoms with Crippen molar-refractivity contribution >= 4 is 17.4 Å². The highest BCUT2D eigenvalue weighted by Gasteiger charge is 2.37. The van der Waals surface area contributed by atoms with Crippen molar-refractivity contribution in [3.63, 3.8) is 0 Å². The van der Waals surface area contributed by atoms with Gasteiger partial charge in [0, 0.05) is 31.6 Å². The lowest BCUT2D eigenvalue weighted by Crippen LogP contribution is -2.28. The Morgan fingerprint density at radius 3 is 2.53 bits per heavy atom. The lowest BCUT2D eigenvalue weighted by molar-refractivity contribution is -0.384. The van der Waals surface area contributed by atoms with Crippen molar-refractivity contribution in [2.45, 2.75) is 40.2 Å². The molecule has 0 spiro atoms. The Bertz CT molecular complexity index is 1310. The van der Waals surface area contributed by atoms with Gasteiger partial charge >= 0.3 is 0 Å². The van der Waals surface area contributed by atoms with Gasteiger partial charge in [-0.3, -0.25) is 19.7 Å². The monoisotopic (exact) mass is 464 g/mol. The van der Waals surface area contributed by atoms with Gasteiger partial charge in [-0.05, 0) is 48.6 Å². The first-order valence-electron chi connectivity index (χ1n) is 10.9. The number of nitro benzene ring substituents is 1. The van der Waals surface area contributed by atoms with Crippen LogP contribution in [-0.2, 0) is 13.0 Å². The summed E-state index contributed by atoms with van der Waals surface area (Å²) < 4.78 is 14.6. The van der Waals surface area contributed by atoms with E-state index in [1.807, 2.05) is 13.8 Å². The minimum absolute atomic E-state index is 0.0214. The second kappa shape index (κ2) is 8.48. The molecular formula is C25H25FN4O4. The van der Waals surface area contributed by atoms with E-state index in [4.69, 9.17) is 0 Å². The zero-order valence-corrected chi connectivity index (χ0v) is 19.5. The molecule has 0 aliphatic heterocycles. The predicted octanol–water partition coefficient (Wildman–Crippen LogP) is 4.66. The van der Waals surface area contributed by atoms with Crippen LogP contribution in [0.4, 0.5) is 10.1 Å². The van der Waals surface area contributed by atoms with Crippen molar-refractivity contribution in [3.8, 4) is 5.69 Å². The van der Waals surface area contributed by atoms with Gasteiger partial charge in [-0.15, -0.1) is 0 Å². The van der Waals surface area contributed by atoms with Crippen LogP contribution in [0.15, 0.2) is 42.5 Å². The highest BCUT2D eigenvalue weighted by molar-refractivity contribution is 6.00. The summed E-state index contributed by atoms with van der Waals surface area (Å²) in [4.78, 5) is 38.5. The van der Waals surface area contributed by atoms with Crippen LogP contribution in [0.2, 0.25) is 0 Å². The third-order valence-electron chi connectivity index (χ3n) is 6.05. The number of nitro groups is 1. The number of halogens is 1. The summed E-state index contributed by atoms with van der Waals surface area (Å²) in [6.07, 6.45) is 0.940. The molecule has 0 unspecified atom stereocenters. The van der Waals surface area contributed by atoms with Crippen LogP contribution in [0.1, 0.15) is 57.9 Å². The summed E-state index contributed by atoms with van der Waals surface area (Å²) in [5.74, 6) is -0.800. The maximum absolute atomic E-state index is 13.1. The van der Waals surface area contributed by atoms with Crippen molar-refractivity contribution in [2.24, 2.45) is 5.41 Å². The minimum Gasteiger partial charge on any atom is -0.337 e. The molecule has 0 saturated carbocycles. The van der Waals surface area contributed by atoms with Crippen LogP contribution in [0.5, 0.6) is 0 Å². The summed E-state index contributed by atoms with van der Waals surface area (Å²) in [6.45, 7) is 5.90. The first-order valence-corrected chi connectivity index (χ1v) is 10.9. The Labute approximate surface area is 196 Å². The molecule has 4 rings (SSSR count). The average Bonchev–Trinajstić information content (AvgIpc) is 3.09. The number of aromatic nitrogens is 2. The Kier molecular flexibility index (Phi) is 5.80. The molecule has 34 heavy (non-hydrogen) atoms. The van der Waals surface area contributed by atoms with E-state index in [0.29, 0.717) is 29.8 Å². The Balaban J connectivity index is 1.70. The van der Waals surface area contributed by atoms with Crippen LogP contribution < -0.4 is 0 Å². The Hall–Kier alpha value is -3.88. The maximum atomic E-state index is 13.1. The van der Waals surface area contributed by atoms with Crippen molar-refractivity contribution < 1.29 is 18.9 Å². The lowest BCUT2D eigenvalue weighted by Gasteiger charge is -2.29. The van der Waals surface area contributed by atoms with Gasteiger partial charge in [0.25, 0.3) is 11.6 Å². The van der Waals surface area contributed by atoms with Gasteiger partial charge in [0.15, 0.2) is 5.78 Å². The van der Waals surface area contributed by atoms with Crippen molar-refractivity contribution in [2.75, 3.05) is 7.05 Å². The largest absolute Gasteiger partial charge is 0.337 e. The van der Waals surface area contributed by atoms with Gasteiger partial charge < -0.3 is 4.90 Å². The number of benzene rings is 2. The van der Waals surface area contributed by atoms with Gasteiger partial charge in [-0.2, -0.15) is 5.10 Å². The number of ketones is 1. The van der Waals surface area contributed by atoms with E-state index in [0.717, 1.165) is 5.56 Å². The highest BCUT2D eigenvalue weighted by atomic mass is 19.1. The third kappa shape index (κ3) is 4.33. The van der Waals surface area contributed by atoms with Gasteiger partial charge in [0.05, 0.1) is 21.9 Å². The second-order valence-electron chi connectivity index (χ2n) is 9.51. The number of carbonyl (C=O) groups is 2. The van der Waals surface area contributed by atoms with E-state index in [9.17, 15) is 24.1 Å². The van der Waals surface area contributed by atoms with E-state index in [1.54, 1.807) is 26.1 Å². The summed E-state index contributed by atoms with van der Waals surface area (Å²) in [5.41, 5.74) is 2.22. The molecule has 1 aromatic heterocycles. The molecule has 1 amide bonds. The summed E-state index contributed by atoms with van der Waals surface area (Å²) in [5, 5.41) is 16.4. The zero-order valence-electron chi connectivity index (χ0n) is 19.5. The molecule has 0 N–H and O–H groups in total. The normalized spacial score (nSPS) is 14.6. The summed E-state index contributed by atoms with van der Waals surface area (Å²) in [6, 6.07) is 10.0. The highest BCUT2D eigenvalue weighted by Crippen LogP contribution is 2.38. The fraction of sp³-hybridized carbons (Fsp3) is 0.320. The number of amides is 1. The van der Waals surface area contributed by atoms with E-state index in [-0.39, 0.29) is 40.5 Å². The number of aryl methyl sites for hydroxylation is 1. The molecule has 0 atom stereocenters. The first kappa shape index (κ1) is 23.3. The average molecular weight is 464 g/mol. The van der Waals surface area contributed by atoms with Crippen LogP contribution in [-0.4, -0.2) is 38.3 Å². The van der Waals surface area contributed by atoms with E-state index in [1.165, 1.54) is 39.9 Å². The van der Waals surface area contributed by atoms with Crippen molar-refractivity contribution in [3.05, 3.63) is 86.5 Å². The molecule has 176 valence electrons. The standard InChI is InChI=1S/C25H25FN4O4/c1-15-23-21(12-25(2,3)13-22(23)31)29(27-15)19-10-7-17(11-20(19)30(33)34)24(32)28(4)14-16-5-8-18(26)9-6-16/h5-11H,12-14H2,1-4H3. The molecule has 1 aliphatic carbocycles. The second-order valence-corrected chi connectivity index (χ2v) is 9.51. The van der Waals surface area contributed by atoms with Crippen molar-refractivity contribution in [1.29, 1.82) is 0 Å². The number of rotatable bonds is 5. The van der Waals surface area contributed by atoms with E-state index >= 15 is 0 Å². The molecule has 8 nitrogen and oxygen atoms in total. The molecule has 0 radical (unpaired) electrons. The van der Waals surface area contributed by atoms with E-state index in [2.05, 4.69) is 5.10 Å². The molecule has 0 saturated heterocycles. The lowest BCUT2D eigenvalue weighted by atomic mass is 9.75. The van der Waals surface area contributed by atoms with Gasteiger partial charge in [-0.25, -0.2) is 9.07 Å². The molecule has 1 aliphatic rings.